The van der Waals surface area contributed by atoms with E-state index in [9.17, 15) is 0 Å². The summed E-state index contributed by atoms with van der Waals surface area (Å²) >= 11 is 0. The van der Waals surface area contributed by atoms with E-state index in [2.05, 4.69) is 72.4 Å². The molecule has 21 heavy (non-hydrogen) atoms. The minimum atomic E-state index is 0.943. The molecule has 0 saturated carbocycles. The third kappa shape index (κ3) is 3.47. The molecular formula is C19H20N2. The van der Waals surface area contributed by atoms with Crippen molar-refractivity contribution in [2.75, 3.05) is 7.05 Å². The van der Waals surface area contributed by atoms with Crippen molar-refractivity contribution in [3.05, 3.63) is 77.5 Å². The van der Waals surface area contributed by atoms with E-state index in [0.29, 0.717) is 0 Å². The largest absolute Gasteiger partial charge is 0.298 e. The molecule has 0 bridgehead atoms. The first-order valence-corrected chi connectivity index (χ1v) is 7.28. The molecule has 0 N–H and O–H groups in total. The molecule has 3 rings (SSSR count). The van der Waals surface area contributed by atoms with Gasteiger partial charge in [0.05, 0.1) is 5.52 Å². The van der Waals surface area contributed by atoms with Crippen LogP contribution < -0.4 is 0 Å². The number of hydrogen-bond donors (Lipinski definition) is 0. The van der Waals surface area contributed by atoms with Gasteiger partial charge in [-0.05, 0) is 43.3 Å². The maximum atomic E-state index is 4.36. The Morgan fingerprint density at radius 1 is 0.905 bits per heavy atom. The molecule has 0 fully saturated rings. The molecule has 2 nitrogen and oxygen atoms in total. The molecule has 0 aliphatic heterocycles. The van der Waals surface area contributed by atoms with Gasteiger partial charge in [0.25, 0.3) is 0 Å². The van der Waals surface area contributed by atoms with Gasteiger partial charge in [-0.25, -0.2) is 0 Å². The lowest BCUT2D eigenvalue weighted by molar-refractivity contribution is 0.319. The topological polar surface area (TPSA) is 16.1 Å². The van der Waals surface area contributed by atoms with E-state index in [1.165, 1.54) is 22.1 Å². The van der Waals surface area contributed by atoms with Crippen LogP contribution in [0.25, 0.3) is 10.9 Å². The number of benzene rings is 2. The fraction of sp³-hybridized carbons (Fsp3) is 0.211. The van der Waals surface area contributed by atoms with Gasteiger partial charge in [0, 0.05) is 24.7 Å². The minimum Gasteiger partial charge on any atom is -0.298 e. The van der Waals surface area contributed by atoms with E-state index in [0.717, 1.165) is 18.6 Å². The van der Waals surface area contributed by atoms with Gasteiger partial charge >= 0.3 is 0 Å². The van der Waals surface area contributed by atoms with Crippen molar-refractivity contribution in [1.29, 1.82) is 0 Å². The van der Waals surface area contributed by atoms with Gasteiger partial charge in [-0.1, -0.05) is 42.0 Å². The fourth-order valence-corrected chi connectivity index (χ4v) is 2.60. The van der Waals surface area contributed by atoms with Gasteiger partial charge in [0.2, 0.25) is 0 Å². The standard InChI is InChI=1S/C19H20N2/c1-15-5-7-16(8-6-15)13-21(2)14-17-9-10-19-18(12-17)4-3-11-20-19/h3-12H,13-14H2,1-2H3. The second-order valence-corrected chi connectivity index (χ2v) is 5.69. The minimum absolute atomic E-state index is 0.943. The monoisotopic (exact) mass is 276 g/mol. The Bertz CT molecular complexity index is 732. The van der Waals surface area contributed by atoms with Gasteiger partial charge in [-0.15, -0.1) is 0 Å². The van der Waals surface area contributed by atoms with E-state index in [-0.39, 0.29) is 0 Å². The highest BCUT2D eigenvalue weighted by molar-refractivity contribution is 5.78. The number of fused-ring (bicyclic) bond motifs is 1. The lowest BCUT2D eigenvalue weighted by atomic mass is 10.1. The van der Waals surface area contributed by atoms with Crippen LogP contribution in [0.15, 0.2) is 60.8 Å². The van der Waals surface area contributed by atoms with Crippen LogP contribution in [0.3, 0.4) is 0 Å². The lowest BCUT2D eigenvalue weighted by Crippen LogP contribution is -2.17. The first-order chi connectivity index (χ1) is 10.2. The molecule has 2 aromatic carbocycles. The maximum Gasteiger partial charge on any atom is 0.0702 e. The first kappa shape index (κ1) is 13.8. The van der Waals surface area contributed by atoms with Crippen molar-refractivity contribution in [2.45, 2.75) is 20.0 Å². The average molecular weight is 276 g/mol. The van der Waals surface area contributed by atoms with Gasteiger partial charge in [0.15, 0.2) is 0 Å². The Morgan fingerprint density at radius 2 is 1.62 bits per heavy atom. The predicted molar refractivity (Wildman–Crippen MR) is 88.1 cm³/mol. The summed E-state index contributed by atoms with van der Waals surface area (Å²) in [6.07, 6.45) is 1.84. The number of aryl methyl sites for hydroxylation is 1. The Hall–Kier alpha value is -2.19. The molecule has 0 aliphatic carbocycles. The number of aromatic nitrogens is 1. The summed E-state index contributed by atoms with van der Waals surface area (Å²) in [5, 5.41) is 1.21. The van der Waals surface area contributed by atoms with Crippen LogP contribution in [0.5, 0.6) is 0 Å². The van der Waals surface area contributed by atoms with E-state index >= 15 is 0 Å². The highest BCUT2D eigenvalue weighted by Gasteiger charge is 2.03. The SMILES string of the molecule is Cc1ccc(CN(C)Cc2ccc3ncccc3c2)cc1. The summed E-state index contributed by atoms with van der Waals surface area (Å²) in [7, 11) is 2.16. The molecule has 0 spiro atoms. The van der Waals surface area contributed by atoms with Gasteiger partial charge in [-0.3, -0.25) is 9.88 Å². The van der Waals surface area contributed by atoms with Crippen molar-refractivity contribution < 1.29 is 0 Å². The Balaban J connectivity index is 1.70. The summed E-state index contributed by atoms with van der Waals surface area (Å²) in [6, 6.07) is 19.4. The van der Waals surface area contributed by atoms with Gasteiger partial charge < -0.3 is 0 Å². The van der Waals surface area contributed by atoms with Crippen molar-refractivity contribution >= 4 is 10.9 Å². The predicted octanol–water partition coefficient (Wildman–Crippen LogP) is 4.18. The molecule has 0 aliphatic rings. The zero-order valence-corrected chi connectivity index (χ0v) is 12.6. The summed E-state index contributed by atoms with van der Waals surface area (Å²) in [5.41, 5.74) is 5.04. The van der Waals surface area contributed by atoms with Gasteiger partial charge in [0.1, 0.15) is 0 Å². The highest BCUT2D eigenvalue weighted by atomic mass is 15.1. The Labute approximate surface area is 126 Å². The van der Waals surface area contributed by atoms with E-state index in [1.807, 2.05) is 12.3 Å². The zero-order valence-electron chi connectivity index (χ0n) is 12.6. The smallest absolute Gasteiger partial charge is 0.0702 e. The Morgan fingerprint density at radius 3 is 2.43 bits per heavy atom. The van der Waals surface area contributed by atoms with E-state index in [1.54, 1.807) is 0 Å². The molecule has 3 aromatic rings. The van der Waals surface area contributed by atoms with Crippen molar-refractivity contribution in [3.63, 3.8) is 0 Å². The lowest BCUT2D eigenvalue weighted by Gasteiger charge is -2.17. The average Bonchev–Trinajstić information content (AvgIpc) is 2.49. The molecule has 1 aromatic heterocycles. The quantitative estimate of drug-likeness (QED) is 0.711. The summed E-state index contributed by atoms with van der Waals surface area (Å²) in [4.78, 5) is 6.70. The number of pyridine rings is 1. The van der Waals surface area contributed by atoms with E-state index < -0.39 is 0 Å². The molecule has 1 heterocycles. The van der Waals surface area contributed by atoms with Crippen molar-refractivity contribution in [1.82, 2.24) is 9.88 Å². The summed E-state index contributed by atoms with van der Waals surface area (Å²) < 4.78 is 0. The summed E-state index contributed by atoms with van der Waals surface area (Å²) in [6.45, 7) is 4.03. The second kappa shape index (κ2) is 6.06. The first-order valence-electron chi connectivity index (χ1n) is 7.28. The van der Waals surface area contributed by atoms with Crippen LogP contribution in [0, 0.1) is 6.92 Å². The van der Waals surface area contributed by atoms with Crippen LogP contribution in [-0.2, 0) is 13.1 Å². The molecule has 106 valence electrons. The second-order valence-electron chi connectivity index (χ2n) is 5.69. The third-order valence-corrected chi connectivity index (χ3v) is 3.69. The molecule has 0 radical (unpaired) electrons. The molecule has 0 unspecified atom stereocenters. The Kier molecular flexibility index (Phi) is 3.98. The molecule has 0 saturated heterocycles. The molecule has 2 heteroatoms. The highest BCUT2D eigenvalue weighted by Crippen LogP contribution is 2.15. The maximum absolute atomic E-state index is 4.36. The van der Waals surface area contributed by atoms with Crippen molar-refractivity contribution in [3.8, 4) is 0 Å². The number of hydrogen-bond acceptors (Lipinski definition) is 2. The van der Waals surface area contributed by atoms with Crippen LogP contribution in [0.2, 0.25) is 0 Å². The number of nitrogens with zero attached hydrogens (tertiary/aromatic N) is 2. The van der Waals surface area contributed by atoms with Crippen LogP contribution >= 0.6 is 0 Å². The van der Waals surface area contributed by atoms with E-state index in [4.69, 9.17) is 0 Å². The fourth-order valence-electron chi connectivity index (χ4n) is 2.60. The van der Waals surface area contributed by atoms with Crippen LogP contribution in [-0.4, -0.2) is 16.9 Å². The van der Waals surface area contributed by atoms with Gasteiger partial charge in [-0.2, -0.15) is 0 Å². The van der Waals surface area contributed by atoms with Crippen molar-refractivity contribution in [2.24, 2.45) is 0 Å². The van der Waals surface area contributed by atoms with Crippen LogP contribution in [0.4, 0.5) is 0 Å². The normalized spacial score (nSPS) is 11.2. The summed E-state index contributed by atoms with van der Waals surface area (Å²) in [5.74, 6) is 0. The molecule has 0 amide bonds. The zero-order chi connectivity index (χ0) is 14.7. The van der Waals surface area contributed by atoms with Crippen LogP contribution in [0.1, 0.15) is 16.7 Å². The molecular weight excluding hydrogens is 256 g/mol. The molecule has 0 atom stereocenters. The number of rotatable bonds is 4. The third-order valence-electron chi connectivity index (χ3n) is 3.69.